The monoisotopic (exact) mass is 257 g/mol. The summed E-state index contributed by atoms with van der Waals surface area (Å²) < 4.78 is 4.91. The van der Waals surface area contributed by atoms with Gasteiger partial charge in [-0.1, -0.05) is 0 Å². The predicted octanol–water partition coefficient (Wildman–Crippen LogP) is 0.150. The van der Waals surface area contributed by atoms with E-state index >= 15 is 0 Å². The molecule has 5 heteroatoms. The minimum atomic E-state index is -0.527. The molecule has 0 radical (unpaired) electrons. The molecule has 0 aromatic heterocycles. The number of likely N-dealkylation sites (N-methyl/N-ethyl adjacent to an activating group) is 1. The molecular formula is C13H27N3O2. The van der Waals surface area contributed by atoms with E-state index < -0.39 is 6.04 Å². The normalized spacial score (nSPS) is 20.1. The molecule has 106 valence electrons. The van der Waals surface area contributed by atoms with Crippen molar-refractivity contribution in [1.29, 1.82) is 0 Å². The number of esters is 1. The fourth-order valence-corrected chi connectivity index (χ4v) is 2.42. The summed E-state index contributed by atoms with van der Waals surface area (Å²) in [4.78, 5) is 15.9. The first kappa shape index (κ1) is 15.4. The van der Waals surface area contributed by atoms with Crippen LogP contribution >= 0.6 is 0 Å². The van der Waals surface area contributed by atoms with Gasteiger partial charge in [0.25, 0.3) is 0 Å². The van der Waals surface area contributed by atoms with E-state index in [0.717, 1.165) is 12.5 Å². The fourth-order valence-electron chi connectivity index (χ4n) is 2.42. The highest BCUT2D eigenvalue weighted by molar-refractivity contribution is 5.75. The zero-order valence-electron chi connectivity index (χ0n) is 11.9. The van der Waals surface area contributed by atoms with Crippen LogP contribution < -0.4 is 5.73 Å². The Labute approximate surface area is 110 Å². The van der Waals surface area contributed by atoms with E-state index in [9.17, 15) is 4.79 Å². The lowest BCUT2D eigenvalue weighted by Crippen LogP contribution is -2.44. The van der Waals surface area contributed by atoms with Crippen LogP contribution in [0.3, 0.4) is 0 Å². The van der Waals surface area contributed by atoms with Crippen LogP contribution in [0.1, 0.15) is 19.8 Å². The maximum atomic E-state index is 11.4. The molecule has 1 rings (SSSR count). The Morgan fingerprint density at radius 1 is 1.50 bits per heavy atom. The van der Waals surface area contributed by atoms with Crippen LogP contribution in [-0.4, -0.2) is 68.7 Å². The van der Waals surface area contributed by atoms with Crippen LogP contribution in [0, 0.1) is 5.92 Å². The molecule has 0 amide bonds. The molecule has 0 saturated carbocycles. The van der Waals surface area contributed by atoms with Gasteiger partial charge in [-0.3, -0.25) is 4.79 Å². The van der Waals surface area contributed by atoms with Gasteiger partial charge in [0.1, 0.15) is 6.04 Å². The summed E-state index contributed by atoms with van der Waals surface area (Å²) in [6.07, 6.45) is 2.46. The summed E-state index contributed by atoms with van der Waals surface area (Å²) in [5.41, 5.74) is 5.81. The summed E-state index contributed by atoms with van der Waals surface area (Å²) in [5, 5.41) is 0. The van der Waals surface area contributed by atoms with Crippen molar-refractivity contribution in [3.05, 3.63) is 0 Å². The van der Waals surface area contributed by atoms with E-state index in [1.54, 1.807) is 6.92 Å². The minimum Gasteiger partial charge on any atom is -0.465 e. The Morgan fingerprint density at radius 3 is 2.67 bits per heavy atom. The van der Waals surface area contributed by atoms with Crippen LogP contribution in [0.5, 0.6) is 0 Å². The van der Waals surface area contributed by atoms with Gasteiger partial charge in [0.2, 0.25) is 0 Å². The number of hydrogen-bond acceptors (Lipinski definition) is 5. The third-order valence-electron chi connectivity index (χ3n) is 3.51. The van der Waals surface area contributed by atoms with Gasteiger partial charge in [0.05, 0.1) is 6.61 Å². The zero-order chi connectivity index (χ0) is 13.5. The molecule has 1 aliphatic heterocycles. The van der Waals surface area contributed by atoms with Gasteiger partial charge in [-0.2, -0.15) is 0 Å². The summed E-state index contributed by atoms with van der Waals surface area (Å²) in [6.45, 7) is 6.12. The van der Waals surface area contributed by atoms with E-state index in [0.29, 0.717) is 13.2 Å². The number of ether oxygens (including phenoxy) is 1. The number of rotatable bonds is 6. The lowest BCUT2D eigenvalue weighted by atomic mass is 9.96. The van der Waals surface area contributed by atoms with Gasteiger partial charge in [-0.05, 0) is 52.9 Å². The first-order valence-corrected chi connectivity index (χ1v) is 6.82. The van der Waals surface area contributed by atoms with E-state index in [1.165, 1.54) is 25.9 Å². The van der Waals surface area contributed by atoms with Crippen molar-refractivity contribution in [3.63, 3.8) is 0 Å². The molecular weight excluding hydrogens is 230 g/mol. The van der Waals surface area contributed by atoms with Crippen molar-refractivity contribution in [2.24, 2.45) is 11.7 Å². The summed E-state index contributed by atoms with van der Waals surface area (Å²) in [6, 6.07) is -0.527. The highest BCUT2D eigenvalue weighted by atomic mass is 16.5. The number of piperidine rings is 1. The molecule has 0 aliphatic carbocycles. The van der Waals surface area contributed by atoms with Gasteiger partial charge in [-0.15, -0.1) is 0 Å². The van der Waals surface area contributed by atoms with Gasteiger partial charge in [0.15, 0.2) is 0 Å². The number of carbonyl (C=O) groups is 1. The maximum absolute atomic E-state index is 11.4. The van der Waals surface area contributed by atoms with Gasteiger partial charge < -0.3 is 20.3 Å². The van der Waals surface area contributed by atoms with Crippen LogP contribution in [0.2, 0.25) is 0 Å². The molecule has 0 aromatic carbocycles. The molecule has 1 unspecified atom stereocenters. The van der Waals surface area contributed by atoms with Gasteiger partial charge in [-0.25, -0.2) is 0 Å². The molecule has 1 atom stereocenters. The van der Waals surface area contributed by atoms with Crippen molar-refractivity contribution in [2.75, 3.05) is 46.9 Å². The Hall–Kier alpha value is -0.650. The first-order valence-electron chi connectivity index (χ1n) is 6.82. The molecule has 1 fully saturated rings. The molecule has 1 aliphatic rings. The van der Waals surface area contributed by atoms with Crippen molar-refractivity contribution < 1.29 is 9.53 Å². The molecule has 0 aromatic rings. The first-order chi connectivity index (χ1) is 8.52. The van der Waals surface area contributed by atoms with Gasteiger partial charge >= 0.3 is 5.97 Å². The zero-order valence-corrected chi connectivity index (χ0v) is 11.9. The Balaban J connectivity index is 2.24. The average molecular weight is 257 g/mol. The lowest BCUT2D eigenvalue weighted by molar-refractivity contribution is -0.145. The highest BCUT2D eigenvalue weighted by Crippen LogP contribution is 2.16. The minimum absolute atomic E-state index is 0.298. The van der Waals surface area contributed by atoms with E-state index in [1.807, 2.05) is 7.05 Å². The standard InChI is InChI=1S/C13H27N3O2/c1-4-18-13(17)12(14)10-16(3)9-11-5-7-15(2)8-6-11/h11-12H,4-10,14H2,1-3H3. The highest BCUT2D eigenvalue weighted by Gasteiger charge is 2.21. The third kappa shape index (κ3) is 5.33. The second-order valence-electron chi connectivity index (χ2n) is 5.33. The largest absolute Gasteiger partial charge is 0.465 e. The van der Waals surface area contributed by atoms with Crippen molar-refractivity contribution in [1.82, 2.24) is 9.80 Å². The molecule has 1 saturated heterocycles. The van der Waals surface area contributed by atoms with Crippen molar-refractivity contribution >= 4 is 5.97 Å². The van der Waals surface area contributed by atoms with Crippen LogP contribution in [0.15, 0.2) is 0 Å². The summed E-state index contributed by atoms with van der Waals surface area (Å²) in [7, 11) is 4.19. The molecule has 18 heavy (non-hydrogen) atoms. The Bertz CT molecular complexity index is 253. The molecule has 1 heterocycles. The van der Waals surface area contributed by atoms with Crippen LogP contribution in [0.25, 0.3) is 0 Å². The molecule has 0 spiro atoms. The average Bonchev–Trinajstić information content (AvgIpc) is 2.32. The molecule has 0 bridgehead atoms. The second kappa shape index (κ2) is 7.71. The van der Waals surface area contributed by atoms with Gasteiger partial charge in [0, 0.05) is 13.1 Å². The number of hydrogen-bond donors (Lipinski definition) is 1. The van der Waals surface area contributed by atoms with E-state index in [2.05, 4.69) is 16.8 Å². The number of nitrogens with zero attached hydrogens (tertiary/aromatic N) is 2. The Kier molecular flexibility index (Phi) is 6.60. The van der Waals surface area contributed by atoms with Crippen LogP contribution in [-0.2, 0) is 9.53 Å². The Morgan fingerprint density at radius 2 is 2.11 bits per heavy atom. The van der Waals surface area contributed by atoms with E-state index in [4.69, 9.17) is 10.5 Å². The van der Waals surface area contributed by atoms with Crippen LogP contribution in [0.4, 0.5) is 0 Å². The maximum Gasteiger partial charge on any atom is 0.324 e. The molecule has 5 nitrogen and oxygen atoms in total. The fraction of sp³-hybridized carbons (Fsp3) is 0.923. The van der Waals surface area contributed by atoms with Crippen molar-refractivity contribution in [3.8, 4) is 0 Å². The third-order valence-corrected chi connectivity index (χ3v) is 3.51. The van der Waals surface area contributed by atoms with E-state index in [-0.39, 0.29) is 5.97 Å². The SMILES string of the molecule is CCOC(=O)C(N)CN(C)CC1CCN(C)CC1. The number of carbonyl (C=O) groups excluding carboxylic acids is 1. The predicted molar refractivity (Wildman–Crippen MR) is 72.3 cm³/mol. The number of likely N-dealkylation sites (tertiary alicyclic amines) is 1. The quantitative estimate of drug-likeness (QED) is 0.686. The summed E-state index contributed by atoms with van der Waals surface area (Å²) >= 11 is 0. The summed E-state index contributed by atoms with van der Waals surface area (Å²) in [5.74, 6) is 0.424. The van der Waals surface area contributed by atoms with Crippen molar-refractivity contribution in [2.45, 2.75) is 25.8 Å². The topological polar surface area (TPSA) is 58.8 Å². The second-order valence-corrected chi connectivity index (χ2v) is 5.33. The number of nitrogens with two attached hydrogens (primary N) is 1. The smallest absolute Gasteiger partial charge is 0.324 e. The molecule has 2 N–H and O–H groups in total. The lowest BCUT2D eigenvalue weighted by Gasteiger charge is -2.32.